The number of rotatable bonds is 2. The summed E-state index contributed by atoms with van der Waals surface area (Å²) < 4.78 is 0. The molecule has 1 aliphatic heterocycles. The molecule has 15 heavy (non-hydrogen) atoms. The van der Waals surface area contributed by atoms with Crippen LogP contribution in [0.2, 0.25) is 5.15 Å². The molecule has 7 heteroatoms. The number of aromatic nitrogens is 2. The Hall–Kier alpha value is -1.56. The lowest BCUT2D eigenvalue weighted by atomic mass is 10.00. The molecule has 1 amide bonds. The molecule has 2 heterocycles. The molecule has 1 saturated heterocycles. The number of hydrogen-bond acceptors (Lipinski definition) is 5. The Morgan fingerprint density at radius 3 is 2.73 bits per heavy atom. The van der Waals surface area contributed by atoms with Crippen molar-refractivity contribution >= 4 is 29.3 Å². The Balaban J connectivity index is 2.10. The third kappa shape index (κ3) is 1.94. The Bertz CT molecular complexity index is 384. The number of nitrogens with zero attached hydrogens (tertiary/aromatic N) is 3. The van der Waals surface area contributed by atoms with Crippen LogP contribution >= 0.6 is 11.6 Å². The van der Waals surface area contributed by atoms with Crippen LogP contribution in [-0.4, -0.2) is 29.0 Å². The topological polar surface area (TPSA) is 98.1 Å². The van der Waals surface area contributed by atoms with Gasteiger partial charge < -0.3 is 16.4 Å². The summed E-state index contributed by atoms with van der Waals surface area (Å²) in [6, 6.07) is 1.61. The van der Waals surface area contributed by atoms with E-state index < -0.39 is 0 Å². The van der Waals surface area contributed by atoms with E-state index in [1.807, 2.05) is 4.90 Å². The molecular formula is C8H10ClN5O. The number of amides is 1. The highest BCUT2D eigenvalue weighted by atomic mass is 35.5. The lowest BCUT2D eigenvalue weighted by Crippen LogP contribution is -2.52. The van der Waals surface area contributed by atoms with Gasteiger partial charge in [0.2, 0.25) is 11.9 Å². The van der Waals surface area contributed by atoms with Crippen molar-refractivity contribution in [2.45, 2.75) is 0 Å². The third-order valence-corrected chi connectivity index (χ3v) is 2.50. The summed E-state index contributed by atoms with van der Waals surface area (Å²) in [4.78, 5) is 20.4. The summed E-state index contributed by atoms with van der Waals surface area (Å²) in [5.41, 5.74) is 10.6. The van der Waals surface area contributed by atoms with Gasteiger partial charge in [0.25, 0.3) is 0 Å². The number of carbonyl (C=O) groups excluding carboxylic acids is 1. The predicted octanol–water partition coefficient (Wildman–Crippen LogP) is -0.366. The second kappa shape index (κ2) is 3.54. The van der Waals surface area contributed by atoms with Crippen molar-refractivity contribution in [3.8, 4) is 0 Å². The van der Waals surface area contributed by atoms with Crippen LogP contribution in [-0.2, 0) is 4.79 Å². The highest BCUT2D eigenvalue weighted by molar-refractivity contribution is 6.29. The van der Waals surface area contributed by atoms with Crippen molar-refractivity contribution in [3.63, 3.8) is 0 Å². The lowest BCUT2D eigenvalue weighted by molar-refractivity contribution is -0.122. The van der Waals surface area contributed by atoms with Gasteiger partial charge in [0, 0.05) is 19.2 Å². The van der Waals surface area contributed by atoms with Crippen molar-refractivity contribution < 1.29 is 4.79 Å². The van der Waals surface area contributed by atoms with Gasteiger partial charge >= 0.3 is 0 Å². The van der Waals surface area contributed by atoms with Crippen molar-refractivity contribution in [1.82, 2.24) is 9.97 Å². The minimum Gasteiger partial charge on any atom is -0.369 e. The molecule has 0 aromatic carbocycles. The zero-order chi connectivity index (χ0) is 11.0. The average molecular weight is 228 g/mol. The quantitative estimate of drug-likeness (QED) is 0.672. The first-order chi connectivity index (χ1) is 7.06. The number of halogens is 1. The zero-order valence-electron chi connectivity index (χ0n) is 7.85. The summed E-state index contributed by atoms with van der Waals surface area (Å²) in [7, 11) is 0. The van der Waals surface area contributed by atoms with E-state index in [1.54, 1.807) is 6.07 Å². The van der Waals surface area contributed by atoms with Crippen LogP contribution in [0.1, 0.15) is 0 Å². The summed E-state index contributed by atoms with van der Waals surface area (Å²) in [6.07, 6.45) is 0. The van der Waals surface area contributed by atoms with E-state index in [2.05, 4.69) is 9.97 Å². The summed E-state index contributed by atoms with van der Waals surface area (Å²) >= 11 is 5.72. The second-order valence-corrected chi connectivity index (χ2v) is 3.80. The van der Waals surface area contributed by atoms with Crippen LogP contribution < -0.4 is 16.4 Å². The molecular weight excluding hydrogens is 218 g/mol. The minimum atomic E-state index is -0.292. The summed E-state index contributed by atoms with van der Waals surface area (Å²) in [6.45, 7) is 1.12. The van der Waals surface area contributed by atoms with Crippen LogP contribution in [0.3, 0.4) is 0 Å². The molecule has 0 atom stereocenters. The number of nitrogen functional groups attached to an aromatic ring is 1. The molecule has 0 spiro atoms. The van der Waals surface area contributed by atoms with Crippen LogP contribution in [0.5, 0.6) is 0 Å². The monoisotopic (exact) mass is 227 g/mol. The first-order valence-electron chi connectivity index (χ1n) is 4.40. The van der Waals surface area contributed by atoms with Crippen LogP contribution in [0, 0.1) is 5.92 Å². The fraction of sp³-hybridized carbons (Fsp3) is 0.375. The second-order valence-electron chi connectivity index (χ2n) is 3.41. The van der Waals surface area contributed by atoms with E-state index in [0.29, 0.717) is 24.1 Å². The van der Waals surface area contributed by atoms with E-state index in [0.717, 1.165) is 0 Å². The number of nitrogens with two attached hydrogens (primary N) is 2. The molecule has 1 aromatic rings. The van der Waals surface area contributed by atoms with Crippen LogP contribution in [0.25, 0.3) is 0 Å². The number of carbonyl (C=O) groups is 1. The highest BCUT2D eigenvalue weighted by Gasteiger charge is 2.32. The van der Waals surface area contributed by atoms with Gasteiger partial charge in [-0.3, -0.25) is 4.79 Å². The standard InChI is InChI=1S/C8H10ClN5O/c9-5-1-6(13-8(11)12-5)14-2-4(3-14)7(10)15/h1,4H,2-3H2,(H2,10,15)(H2,11,12,13). The molecule has 1 fully saturated rings. The SMILES string of the molecule is NC(=O)C1CN(c2cc(Cl)nc(N)n2)C1. The maximum Gasteiger partial charge on any atom is 0.224 e. The molecule has 1 aromatic heterocycles. The Labute approximate surface area is 91.2 Å². The van der Waals surface area contributed by atoms with Crippen LogP contribution in [0.15, 0.2) is 6.07 Å². The van der Waals surface area contributed by atoms with Crippen LogP contribution in [0.4, 0.5) is 11.8 Å². The van der Waals surface area contributed by atoms with Gasteiger partial charge in [0.15, 0.2) is 0 Å². The van der Waals surface area contributed by atoms with Crippen molar-refractivity contribution in [2.75, 3.05) is 23.7 Å². The fourth-order valence-corrected chi connectivity index (χ4v) is 1.61. The Morgan fingerprint density at radius 1 is 1.53 bits per heavy atom. The molecule has 6 nitrogen and oxygen atoms in total. The van der Waals surface area contributed by atoms with Gasteiger partial charge in [-0.05, 0) is 0 Å². The van der Waals surface area contributed by atoms with E-state index >= 15 is 0 Å². The van der Waals surface area contributed by atoms with Gasteiger partial charge in [-0.1, -0.05) is 11.6 Å². The Morgan fingerprint density at radius 2 is 2.20 bits per heavy atom. The predicted molar refractivity (Wildman–Crippen MR) is 56.4 cm³/mol. The van der Waals surface area contributed by atoms with Gasteiger partial charge in [-0.15, -0.1) is 0 Å². The zero-order valence-corrected chi connectivity index (χ0v) is 8.61. The number of primary amides is 1. The van der Waals surface area contributed by atoms with Gasteiger partial charge in [0.05, 0.1) is 5.92 Å². The average Bonchev–Trinajstić information content (AvgIpc) is 1.97. The molecule has 0 unspecified atom stereocenters. The van der Waals surface area contributed by atoms with E-state index in [9.17, 15) is 4.79 Å². The summed E-state index contributed by atoms with van der Waals surface area (Å²) in [5, 5.41) is 0.292. The van der Waals surface area contributed by atoms with E-state index in [1.165, 1.54) is 0 Å². The van der Waals surface area contributed by atoms with Gasteiger partial charge in [-0.2, -0.15) is 4.98 Å². The fourth-order valence-electron chi connectivity index (χ4n) is 1.43. The first kappa shape index (κ1) is 9.97. The number of hydrogen-bond donors (Lipinski definition) is 2. The molecule has 0 saturated carbocycles. The molecule has 1 aliphatic rings. The van der Waals surface area contributed by atoms with Crippen molar-refractivity contribution in [3.05, 3.63) is 11.2 Å². The minimum absolute atomic E-state index is 0.111. The van der Waals surface area contributed by atoms with Gasteiger partial charge in [-0.25, -0.2) is 4.98 Å². The number of anilines is 2. The highest BCUT2D eigenvalue weighted by Crippen LogP contribution is 2.24. The molecule has 0 bridgehead atoms. The normalized spacial score (nSPS) is 16.2. The molecule has 80 valence electrons. The largest absolute Gasteiger partial charge is 0.369 e. The smallest absolute Gasteiger partial charge is 0.224 e. The molecule has 0 radical (unpaired) electrons. The molecule has 2 rings (SSSR count). The lowest BCUT2D eigenvalue weighted by Gasteiger charge is -2.38. The van der Waals surface area contributed by atoms with E-state index in [-0.39, 0.29) is 17.8 Å². The molecule has 0 aliphatic carbocycles. The molecule has 4 N–H and O–H groups in total. The Kier molecular flexibility index (Phi) is 2.36. The third-order valence-electron chi connectivity index (χ3n) is 2.31. The maximum atomic E-state index is 10.8. The van der Waals surface area contributed by atoms with Crippen molar-refractivity contribution in [1.29, 1.82) is 0 Å². The first-order valence-corrected chi connectivity index (χ1v) is 4.78. The maximum absolute atomic E-state index is 10.8. The summed E-state index contributed by atoms with van der Waals surface area (Å²) in [5.74, 6) is 0.351. The van der Waals surface area contributed by atoms with Gasteiger partial charge in [0.1, 0.15) is 11.0 Å². The van der Waals surface area contributed by atoms with E-state index in [4.69, 9.17) is 23.1 Å². The van der Waals surface area contributed by atoms with Crippen molar-refractivity contribution in [2.24, 2.45) is 11.7 Å².